The zero-order valence-electron chi connectivity index (χ0n) is 12.1. The fourth-order valence-corrected chi connectivity index (χ4v) is 5.10. The molecular formula is C14H19N3O4S. The van der Waals surface area contributed by atoms with Gasteiger partial charge in [-0.25, -0.2) is 8.42 Å². The molecule has 3 rings (SSSR count). The summed E-state index contributed by atoms with van der Waals surface area (Å²) in [6, 6.07) is 5.12. The van der Waals surface area contributed by atoms with Gasteiger partial charge in [0, 0.05) is 31.3 Å². The van der Waals surface area contributed by atoms with E-state index >= 15 is 0 Å². The molecule has 2 aliphatic rings. The van der Waals surface area contributed by atoms with E-state index in [0.717, 1.165) is 19.3 Å². The Morgan fingerprint density at radius 3 is 2.45 bits per heavy atom. The van der Waals surface area contributed by atoms with Gasteiger partial charge in [0.1, 0.15) is 0 Å². The normalized spacial score (nSPS) is 29.2. The monoisotopic (exact) mass is 325 g/mol. The summed E-state index contributed by atoms with van der Waals surface area (Å²) < 4.78 is 26.8. The van der Waals surface area contributed by atoms with E-state index < -0.39 is 14.9 Å². The molecule has 3 atom stereocenters. The van der Waals surface area contributed by atoms with E-state index in [4.69, 9.17) is 5.73 Å². The molecular weight excluding hydrogens is 306 g/mol. The van der Waals surface area contributed by atoms with Crippen LogP contribution in [0.2, 0.25) is 0 Å². The molecule has 8 heteroatoms. The van der Waals surface area contributed by atoms with Crippen molar-refractivity contribution in [1.29, 1.82) is 0 Å². The van der Waals surface area contributed by atoms with Gasteiger partial charge in [-0.1, -0.05) is 6.42 Å². The third-order valence-corrected chi connectivity index (χ3v) is 6.65. The van der Waals surface area contributed by atoms with Crippen LogP contribution in [-0.4, -0.2) is 36.8 Å². The number of sulfonamides is 1. The van der Waals surface area contributed by atoms with E-state index in [1.165, 1.54) is 28.6 Å². The van der Waals surface area contributed by atoms with Gasteiger partial charge >= 0.3 is 0 Å². The average molecular weight is 325 g/mol. The number of nitrogens with two attached hydrogens (primary N) is 1. The molecule has 0 aromatic heterocycles. The topological polar surface area (TPSA) is 107 Å². The average Bonchev–Trinajstić information content (AvgIpc) is 2.94. The van der Waals surface area contributed by atoms with Crippen molar-refractivity contribution in [2.75, 3.05) is 13.1 Å². The van der Waals surface area contributed by atoms with Gasteiger partial charge in [-0.2, -0.15) is 4.31 Å². The minimum atomic E-state index is -3.61. The third-order valence-electron chi connectivity index (χ3n) is 4.81. The van der Waals surface area contributed by atoms with Crippen LogP contribution in [0, 0.1) is 22.0 Å². The van der Waals surface area contributed by atoms with Crippen molar-refractivity contribution in [3.05, 3.63) is 34.4 Å². The summed E-state index contributed by atoms with van der Waals surface area (Å²) >= 11 is 0. The van der Waals surface area contributed by atoms with Gasteiger partial charge in [0.25, 0.3) is 5.69 Å². The second kappa shape index (κ2) is 5.60. The highest BCUT2D eigenvalue weighted by Crippen LogP contribution is 2.37. The SMILES string of the molecule is N[C@@H]1CCC[C@@H]2CN(S(=O)(=O)c3ccc([N+](=O)[O-])cc3)C[C@@H]21. The summed E-state index contributed by atoms with van der Waals surface area (Å²) in [5.74, 6) is 0.554. The van der Waals surface area contributed by atoms with E-state index in [0.29, 0.717) is 19.0 Å². The molecule has 0 amide bonds. The van der Waals surface area contributed by atoms with Crippen LogP contribution in [0.4, 0.5) is 5.69 Å². The van der Waals surface area contributed by atoms with Crippen LogP contribution in [0.3, 0.4) is 0 Å². The second-order valence-electron chi connectivity index (χ2n) is 6.09. The molecule has 1 aromatic rings. The van der Waals surface area contributed by atoms with E-state index in [-0.39, 0.29) is 22.5 Å². The number of nitro groups is 1. The van der Waals surface area contributed by atoms with Crippen LogP contribution in [0.25, 0.3) is 0 Å². The predicted molar refractivity (Wildman–Crippen MR) is 80.7 cm³/mol. The molecule has 22 heavy (non-hydrogen) atoms. The van der Waals surface area contributed by atoms with Gasteiger partial charge in [-0.3, -0.25) is 10.1 Å². The molecule has 1 saturated carbocycles. The molecule has 0 spiro atoms. The van der Waals surface area contributed by atoms with Gasteiger partial charge < -0.3 is 5.73 Å². The van der Waals surface area contributed by atoms with Crippen LogP contribution in [-0.2, 0) is 10.0 Å². The fourth-order valence-electron chi connectivity index (χ4n) is 3.56. The number of hydrogen-bond donors (Lipinski definition) is 1. The molecule has 2 N–H and O–H groups in total. The van der Waals surface area contributed by atoms with Gasteiger partial charge in [0.15, 0.2) is 0 Å². The maximum atomic E-state index is 12.7. The summed E-state index contributed by atoms with van der Waals surface area (Å²) in [5, 5.41) is 10.7. The minimum Gasteiger partial charge on any atom is -0.327 e. The molecule has 0 bridgehead atoms. The second-order valence-corrected chi connectivity index (χ2v) is 8.03. The fraction of sp³-hybridized carbons (Fsp3) is 0.571. The van der Waals surface area contributed by atoms with Crippen molar-refractivity contribution in [3.8, 4) is 0 Å². The predicted octanol–water partition coefficient (Wildman–Crippen LogP) is 1.34. The highest BCUT2D eigenvalue weighted by molar-refractivity contribution is 7.89. The Balaban J connectivity index is 1.83. The van der Waals surface area contributed by atoms with Crippen molar-refractivity contribution in [2.45, 2.75) is 30.2 Å². The summed E-state index contributed by atoms with van der Waals surface area (Å²) in [5.41, 5.74) is 6.01. The van der Waals surface area contributed by atoms with E-state index in [9.17, 15) is 18.5 Å². The maximum absolute atomic E-state index is 12.7. The Morgan fingerprint density at radius 1 is 1.18 bits per heavy atom. The zero-order chi connectivity index (χ0) is 15.9. The Labute approximate surface area is 129 Å². The molecule has 1 aliphatic heterocycles. The first-order valence-electron chi connectivity index (χ1n) is 7.40. The molecule has 0 unspecified atom stereocenters. The van der Waals surface area contributed by atoms with E-state index in [1.807, 2.05) is 0 Å². The summed E-state index contributed by atoms with van der Waals surface area (Å²) in [6.07, 6.45) is 3.02. The first-order chi connectivity index (χ1) is 10.4. The van der Waals surface area contributed by atoms with Gasteiger partial charge in [0.05, 0.1) is 9.82 Å². The largest absolute Gasteiger partial charge is 0.327 e. The van der Waals surface area contributed by atoms with Crippen LogP contribution in [0.15, 0.2) is 29.2 Å². The Kier molecular flexibility index (Phi) is 3.92. The van der Waals surface area contributed by atoms with Crippen molar-refractivity contribution < 1.29 is 13.3 Å². The number of nitrogens with zero attached hydrogens (tertiary/aromatic N) is 2. The maximum Gasteiger partial charge on any atom is 0.269 e. The lowest BCUT2D eigenvalue weighted by atomic mass is 9.78. The highest BCUT2D eigenvalue weighted by Gasteiger charge is 2.43. The standard InChI is InChI=1S/C14H19N3O4S/c15-14-3-1-2-10-8-16(9-13(10)14)22(20,21)12-6-4-11(5-7-12)17(18)19/h4-7,10,13-14H,1-3,8-9,15H2/t10-,13+,14-/m1/s1. The van der Waals surface area contributed by atoms with Crippen molar-refractivity contribution in [1.82, 2.24) is 4.31 Å². The lowest BCUT2D eigenvalue weighted by molar-refractivity contribution is -0.384. The third kappa shape index (κ3) is 2.62. The highest BCUT2D eigenvalue weighted by atomic mass is 32.2. The molecule has 7 nitrogen and oxygen atoms in total. The van der Waals surface area contributed by atoms with E-state index in [1.54, 1.807) is 0 Å². The Morgan fingerprint density at radius 2 is 1.86 bits per heavy atom. The van der Waals surface area contributed by atoms with Crippen LogP contribution < -0.4 is 5.73 Å². The molecule has 1 heterocycles. The number of fused-ring (bicyclic) bond motifs is 1. The molecule has 0 radical (unpaired) electrons. The molecule has 2 fully saturated rings. The lowest BCUT2D eigenvalue weighted by Gasteiger charge is -2.29. The lowest BCUT2D eigenvalue weighted by Crippen LogP contribution is -2.38. The van der Waals surface area contributed by atoms with Crippen molar-refractivity contribution >= 4 is 15.7 Å². The van der Waals surface area contributed by atoms with Gasteiger partial charge in [-0.05, 0) is 36.8 Å². The van der Waals surface area contributed by atoms with Crippen LogP contribution in [0.1, 0.15) is 19.3 Å². The number of benzene rings is 1. The number of rotatable bonds is 3. The minimum absolute atomic E-state index is 0.0656. The molecule has 1 aromatic carbocycles. The Hall–Kier alpha value is -1.51. The molecule has 1 aliphatic carbocycles. The van der Waals surface area contributed by atoms with E-state index in [2.05, 4.69) is 0 Å². The van der Waals surface area contributed by atoms with Gasteiger partial charge in [-0.15, -0.1) is 0 Å². The molecule has 1 saturated heterocycles. The quantitative estimate of drug-likeness (QED) is 0.666. The van der Waals surface area contributed by atoms with Gasteiger partial charge in [0.2, 0.25) is 10.0 Å². The van der Waals surface area contributed by atoms with Crippen LogP contribution in [0.5, 0.6) is 0 Å². The van der Waals surface area contributed by atoms with Crippen molar-refractivity contribution in [3.63, 3.8) is 0 Å². The first-order valence-corrected chi connectivity index (χ1v) is 8.84. The molecule has 120 valence electrons. The summed E-state index contributed by atoms with van der Waals surface area (Å²) in [4.78, 5) is 10.2. The van der Waals surface area contributed by atoms with Crippen molar-refractivity contribution in [2.24, 2.45) is 17.6 Å². The number of nitro benzene ring substituents is 1. The smallest absolute Gasteiger partial charge is 0.269 e. The summed E-state index contributed by atoms with van der Waals surface area (Å²) in [6.45, 7) is 0.947. The number of non-ortho nitro benzene ring substituents is 1. The summed E-state index contributed by atoms with van der Waals surface area (Å²) in [7, 11) is -3.61. The Bertz CT molecular complexity index is 674. The van der Waals surface area contributed by atoms with Crippen LogP contribution >= 0.6 is 0 Å². The first kappa shape index (κ1) is 15.4. The zero-order valence-corrected chi connectivity index (χ0v) is 12.9. The number of hydrogen-bond acceptors (Lipinski definition) is 5.